The van der Waals surface area contributed by atoms with Gasteiger partial charge in [-0.25, -0.2) is 5.43 Å². The van der Waals surface area contributed by atoms with Crippen LogP contribution in [-0.2, 0) is 4.79 Å². The van der Waals surface area contributed by atoms with E-state index in [9.17, 15) is 19.7 Å². The van der Waals surface area contributed by atoms with Crippen LogP contribution in [0.15, 0.2) is 41.5 Å². The van der Waals surface area contributed by atoms with E-state index in [0.29, 0.717) is 16.3 Å². The van der Waals surface area contributed by atoms with Gasteiger partial charge in [0, 0.05) is 29.7 Å². The lowest BCUT2D eigenvalue weighted by atomic mass is 10.0. The summed E-state index contributed by atoms with van der Waals surface area (Å²) in [6.45, 7) is 5.13. The minimum Gasteiger partial charge on any atom is -0.366 e. The lowest BCUT2D eigenvalue weighted by molar-refractivity contribution is -0.384. The predicted molar refractivity (Wildman–Crippen MR) is 137 cm³/mol. The molecule has 3 rings (SSSR count). The van der Waals surface area contributed by atoms with Crippen LogP contribution in [0, 0.1) is 16.0 Å². The van der Waals surface area contributed by atoms with E-state index in [1.54, 1.807) is 26.0 Å². The minimum absolute atomic E-state index is 0.00524. The molecular weight excluding hydrogens is 493 g/mol. The Morgan fingerprint density at radius 3 is 2.46 bits per heavy atom. The third kappa shape index (κ3) is 6.93. The highest BCUT2D eigenvalue weighted by Gasteiger charge is 2.26. The lowest BCUT2D eigenvalue weighted by Crippen LogP contribution is -2.48. The molecule has 1 heterocycles. The summed E-state index contributed by atoms with van der Waals surface area (Å²) in [6, 6.07) is 8.44. The van der Waals surface area contributed by atoms with E-state index in [4.69, 9.17) is 23.2 Å². The SMILES string of the molecule is CC(C)C(NC(=O)c1ccc(Cl)cc1Cl)C(=O)NN=Cc1ccc(N2CCCCC2)c([N+](=O)[O-])c1. The van der Waals surface area contributed by atoms with Crippen LogP contribution in [0.1, 0.15) is 49.0 Å². The number of benzene rings is 2. The van der Waals surface area contributed by atoms with Crippen LogP contribution < -0.4 is 15.6 Å². The van der Waals surface area contributed by atoms with Gasteiger partial charge >= 0.3 is 0 Å². The predicted octanol–water partition coefficient (Wildman–Crippen LogP) is 4.80. The number of amides is 2. The second-order valence-corrected chi connectivity index (χ2v) is 9.45. The molecule has 2 aromatic carbocycles. The van der Waals surface area contributed by atoms with E-state index in [0.717, 1.165) is 32.4 Å². The number of nitrogens with one attached hydrogen (secondary N) is 2. The molecule has 0 radical (unpaired) electrons. The smallest absolute Gasteiger partial charge is 0.293 e. The number of carbonyl (C=O) groups is 2. The first-order valence-electron chi connectivity index (χ1n) is 11.3. The number of hydrogen-bond donors (Lipinski definition) is 2. The first-order valence-corrected chi connectivity index (χ1v) is 12.0. The molecule has 1 atom stereocenters. The van der Waals surface area contributed by atoms with Crippen molar-refractivity contribution in [2.24, 2.45) is 11.0 Å². The molecule has 2 N–H and O–H groups in total. The number of hydrogen-bond acceptors (Lipinski definition) is 6. The van der Waals surface area contributed by atoms with Gasteiger partial charge in [0.25, 0.3) is 17.5 Å². The summed E-state index contributed by atoms with van der Waals surface area (Å²) in [5.41, 5.74) is 3.64. The molecule has 1 unspecified atom stereocenters. The molecule has 1 saturated heterocycles. The summed E-state index contributed by atoms with van der Waals surface area (Å²) in [5, 5.41) is 18.8. The van der Waals surface area contributed by atoms with E-state index in [-0.39, 0.29) is 22.2 Å². The summed E-state index contributed by atoms with van der Waals surface area (Å²) in [4.78, 5) is 38.6. The maximum atomic E-state index is 12.7. The van der Waals surface area contributed by atoms with Gasteiger partial charge in [-0.05, 0) is 49.4 Å². The first-order chi connectivity index (χ1) is 16.7. The van der Waals surface area contributed by atoms with Gasteiger partial charge in [0.15, 0.2) is 0 Å². The third-order valence-corrected chi connectivity index (χ3v) is 6.24. The van der Waals surface area contributed by atoms with E-state index in [1.165, 1.54) is 30.5 Å². The Morgan fingerprint density at radius 1 is 1.11 bits per heavy atom. The molecule has 0 aliphatic carbocycles. The Labute approximate surface area is 213 Å². The number of nitrogens with zero attached hydrogens (tertiary/aromatic N) is 3. The maximum Gasteiger partial charge on any atom is 0.293 e. The Hall–Kier alpha value is -3.17. The van der Waals surface area contributed by atoms with Crippen LogP contribution in [0.25, 0.3) is 0 Å². The molecule has 1 aliphatic rings. The molecule has 2 aromatic rings. The maximum absolute atomic E-state index is 12.7. The molecule has 0 aromatic heterocycles. The highest BCUT2D eigenvalue weighted by molar-refractivity contribution is 6.36. The zero-order chi connectivity index (χ0) is 25.5. The molecule has 0 spiro atoms. The van der Waals surface area contributed by atoms with Crippen molar-refractivity contribution in [3.05, 3.63) is 67.7 Å². The largest absolute Gasteiger partial charge is 0.366 e. The molecule has 1 fully saturated rings. The van der Waals surface area contributed by atoms with Gasteiger partial charge in [0.2, 0.25) is 0 Å². The molecule has 11 heteroatoms. The van der Waals surface area contributed by atoms with Gasteiger partial charge in [-0.2, -0.15) is 5.10 Å². The fourth-order valence-electron chi connectivity index (χ4n) is 3.84. The average Bonchev–Trinajstić information content (AvgIpc) is 2.82. The van der Waals surface area contributed by atoms with Gasteiger partial charge in [0.1, 0.15) is 11.7 Å². The van der Waals surface area contributed by atoms with Crippen molar-refractivity contribution in [2.75, 3.05) is 18.0 Å². The summed E-state index contributed by atoms with van der Waals surface area (Å²) >= 11 is 12.0. The van der Waals surface area contributed by atoms with Crippen molar-refractivity contribution in [1.82, 2.24) is 10.7 Å². The highest BCUT2D eigenvalue weighted by Crippen LogP contribution is 2.31. The van der Waals surface area contributed by atoms with Gasteiger partial charge < -0.3 is 10.2 Å². The van der Waals surface area contributed by atoms with Crippen LogP contribution in [0.4, 0.5) is 11.4 Å². The van der Waals surface area contributed by atoms with E-state index in [2.05, 4.69) is 15.8 Å². The lowest BCUT2D eigenvalue weighted by Gasteiger charge is -2.28. The zero-order valence-corrected chi connectivity index (χ0v) is 21.0. The van der Waals surface area contributed by atoms with Crippen molar-refractivity contribution in [2.45, 2.75) is 39.2 Å². The zero-order valence-electron chi connectivity index (χ0n) is 19.5. The van der Waals surface area contributed by atoms with Gasteiger partial charge in [0.05, 0.1) is 21.7 Å². The normalized spacial score (nSPS) is 14.7. The molecule has 2 amide bonds. The number of anilines is 1. The Bertz CT molecular complexity index is 1130. The molecule has 0 saturated carbocycles. The summed E-state index contributed by atoms with van der Waals surface area (Å²) < 4.78 is 0. The van der Waals surface area contributed by atoms with Crippen molar-refractivity contribution >= 4 is 52.6 Å². The van der Waals surface area contributed by atoms with Crippen LogP contribution in [-0.4, -0.2) is 42.1 Å². The van der Waals surface area contributed by atoms with Crippen LogP contribution in [0.3, 0.4) is 0 Å². The topological polar surface area (TPSA) is 117 Å². The van der Waals surface area contributed by atoms with Gasteiger partial charge in [-0.1, -0.05) is 43.1 Å². The fourth-order valence-corrected chi connectivity index (χ4v) is 4.33. The van der Waals surface area contributed by atoms with E-state index >= 15 is 0 Å². The number of carbonyl (C=O) groups excluding carboxylic acids is 2. The number of halogens is 2. The number of hydrazone groups is 1. The number of nitro groups is 1. The average molecular weight is 520 g/mol. The molecule has 1 aliphatic heterocycles. The molecule has 0 bridgehead atoms. The number of rotatable bonds is 8. The van der Waals surface area contributed by atoms with Crippen molar-refractivity contribution in [3.8, 4) is 0 Å². The number of nitro benzene ring substituents is 1. The third-order valence-electron chi connectivity index (χ3n) is 5.69. The van der Waals surface area contributed by atoms with Crippen molar-refractivity contribution in [3.63, 3.8) is 0 Å². The van der Waals surface area contributed by atoms with Crippen LogP contribution in [0.2, 0.25) is 10.0 Å². The summed E-state index contributed by atoms with van der Waals surface area (Å²) in [6.07, 6.45) is 4.47. The monoisotopic (exact) mass is 519 g/mol. The standard InChI is InChI=1S/C24H27Cl2N5O4/c1-15(2)22(28-23(32)18-8-7-17(25)13-19(18)26)24(33)29-27-14-16-6-9-20(21(12-16)31(34)35)30-10-4-3-5-11-30/h6-9,12-15,22H,3-5,10-11H2,1-2H3,(H,28,32)(H,29,33). The summed E-state index contributed by atoms with van der Waals surface area (Å²) in [7, 11) is 0. The highest BCUT2D eigenvalue weighted by atomic mass is 35.5. The van der Waals surface area contributed by atoms with E-state index in [1.807, 2.05) is 4.90 Å². The second kappa shape index (κ2) is 12.0. The van der Waals surface area contributed by atoms with Gasteiger partial charge in [-0.15, -0.1) is 0 Å². The van der Waals surface area contributed by atoms with Crippen LogP contribution in [0.5, 0.6) is 0 Å². The van der Waals surface area contributed by atoms with Crippen molar-refractivity contribution < 1.29 is 14.5 Å². The Kier molecular flexibility index (Phi) is 9.06. The molecule has 35 heavy (non-hydrogen) atoms. The quantitative estimate of drug-likeness (QED) is 0.295. The van der Waals surface area contributed by atoms with Crippen LogP contribution >= 0.6 is 23.2 Å². The van der Waals surface area contributed by atoms with E-state index < -0.39 is 22.8 Å². The van der Waals surface area contributed by atoms with Gasteiger partial charge in [-0.3, -0.25) is 19.7 Å². The Morgan fingerprint density at radius 2 is 1.83 bits per heavy atom. The molecule has 186 valence electrons. The second-order valence-electron chi connectivity index (χ2n) is 8.61. The molecular formula is C24H27Cl2N5O4. The number of piperidine rings is 1. The Balaban J connectivity index is 1.68. The summed E-state index contributed by atoms with van der Waals surface area (Å²) in [5.74, 6) is -1.30. The minimum atomic E-state index is -0.887. The van der Waals surface area contributed by atoms with Crippen molar-refractivity contribution in [1.29, 1.82) is 0 Å². The fraction of sp³-hybridized carbons (Fsp3) is 0.375. The molecule has 9 nitrogen and oxygen atoms in total. The first kappa shape index (κ1) is 26.4.